The van der Waals surface area contributed by atoms with Crippen molar-refractivity contribution in [3.05, 3.63) is 18.3 Å². The number of pyridine rings is 1. The smallest absolute Gasteiger partial charge is 0.179 e. The van der Waals surface area contributed by atoms with Gasteiger partial charge in [0.15, 0.2) is 9.84 Å². The van der Waals surface area contributed by atoms with E-state index in [0.29, 0.717) is 12.4 Å². The van der Waals surface area contributed by atoms with Gasteiger partial charge in [-0.1, -0.05) is 13.8 Å². The summed E-state index contributed by atoms with van der Waals surface area (Å²) in [5.74, 6) is 0.452. The van der Waals surface area contributed by atoms with E-state index >= 15 is 0 Å². The van der Waals surface area contributed by atoms with Crippen molar-refractivity contribution in [3.8, 4) is 0 Å². The number of rotatable bonds is 5. The van der Waals surface area contributed by atoms with E-state index in [-0.39, 0.29) is 16.5 Å². The maximum Gasteiger partial charge on any atom is 0.179 e. The normalized spacial score (nSPS) is 22.0. The quantitative estimate of drug-likeness (QED) is 0.905. The average molecular weight is 312 g/mol. The first-order valence-corrected chi connectivity index (χ1v) is 9.35. The van der Waals surface area contributed by atoms with Crippen molar-refractivity contribution in [1.82, 2.24) is 4.98 Å². The van der Waals surface area contributed by atoms with Gasteiger partial charge in [-0.15, -0.1) is 0 Å². The van der Waals surface area contributed by atoms with Crippen molar-refractivity contribution in [1.29, 1.82) is 0 Å². The Morgan fingerprint density at radius 3 is 2.76 bits per heavy atom. The maximum atomic E-state index is 11.8. The molecule has 1 saturated heterocycles. The van der Waals surface area contributed by atoms with Crippen molar-refractivity contribution in [3.63, 3.8) is 0 Å². The highest BCUT2D eigenvalue weighted by Gasteiger charge is 2.35. The van der Waals surface area contributed by atoms with Gasteiger partial charge in [-0.05, 0) is 37.8 Å². The topological polar surface area (TPSA) is 68.3 Å². The van der Waals surface area contributed by atoms with Crippen LogP contribution in [0.4, 0.5) is 5.82 Å². The summed E-state index contributed by atoms with van der Waals surface area (Å²) in [5.41, 5.74) is -0.101. The van der Waals surface area contributed by atoms with Gasteiger partial charge in [-0.25, -0.2) is 13.4 Å². The Labute approximate surface area is 127 Å². The van der Waals surface area contributed by atoms with Crippen LogP contribution in [-0.4, -0.2) is 37.9 Å². The standard InChI is InChI=1S/C15H24N2O3S/c1-4-15(5-2)11-12(8-10-20-15)17-14-13(21(3,18)19)7-6-9-16-14/h6-7,9,12H,4-5,8,10-11H2,1-3H3,(H,16,17). The monoisotopic (exact) mass is 312 g/mol. The third-order valence-corrected chi connectivity index (χ3v) is 5.42. The molecule has 0 saturated carbocycles. The molecule has 118 valence electrons. The Balaban J connectivity index is 2.19. The first-order valence-electron chi connectivity index (χ1n) is 7.46. The zero-order chi connectivity index (χ0) is 15.5. The van der Waals surface area contributed by atoms with E-state index in [9.17, 15) is 8.42 Å². The Hall–Kier alpha value is -1.14. The molecular weight excluding hydrogens is 288 g/mol. The summed E-state index contributed by atoms with van der Waals surface area (Å²) in [4.78, 5) is 4.47. The number of nitrogens with zero attached hydrogens (tertiary/aromatic N) is 1. The molecule has 1 aliphatic rings. The summed E-state index contributed by atoms with van der Waals surface area (Å²) >= 11 is 0. The molecule has 0 aliphatic carbocycles. The highest BCUT2D eigenvalue weighted by Crippen LogP contribution is 2.33. The fraction of sp³-hybridized carbons (Fsp3) is 0.667. The molecule has 1 atom stereocenters. The van der Waals surface area contributed by atoms with Crippen LogP contribution in [0.15, 0.2) is 23.2 Å². The van der Waals surface area contributed by atoms with Crippen molar-refractivity contribution in [2.24, 2.45) is 0 Å². The molecule has 2 rings (SSSR count). The molecule has 0 spiro atoms. The van der Waals surface area contributed by atoms with Crippen LogP contribution in [0.3, 0.4) is 0 Å². The fourth-order valence-electron chi connectivity index (χ4n) is 2.89. The Morgan fingerprint density at radius 1 is 1.43 bits per heavy atom. The van der Waals surface area contributed by atoms with Gasteiger partial charge in [-0.3, -0.25) is 0 Å². The third-order valence-electron chi connectivity index (χ3n) is 4.29. The highest BCUT2D eigenvalue weighted by atomic mass is 32.2. The van der Waals surface area contributed by atoms with E-state index in [0.717, 1.165) is 25.7 Å². The predicted molar refractivity (Wildman–Crippen MR) is 83.3 cm³/mol. The van der Waals surface area contributed by atoms with Crippen LogP contribution >= 0.6 is 0 Å². The molecule has 0 amide bonds. The van der Waals surface area contributed by atoms with E-state index in [1.165, 1.54) is 6.26 Å². The number of ether oxygens (including phenoxy) is 1. The second kappa shape index (κ2) is 6.32. The summed E-state index contributed by atoms with van der Waals surface area (Å²) in [6.07, 6.45) is 6.48. The lowest BCUT2D eigenvalue weighted by molar-refractivity contribution is -0.0865. The fourth-order valence-corrected chi connectivity index (χ4v) is 3.67. The summed E-state index contributed by atoms with van der Waals surface area (Å²) < 4.78 is 29.6. The SMILES string of the molecule is CCC1(CC)CC(Nc2ncccc2S(C)(=O)=O)CCO1. The Morgan fingerprint density at radius 2 is 2.14 bits per heavy atom. The molecule has 1 unspecified atom stereocenters. The minimum atomic E-state index is -3.28. The first-order chi connectivity index (χ1) is 9.90. The molecule has 1 N–H and O–H groups in total. The Kier molecular flexibility index (Phi) is 4.88. The molecule has 0 bridgehead atoms. The van der Waals surface area contributed by atoms with E-state index < -0.39 is 9.84 Å². The number of nitrogens with one attached hydrogen (secondary N) is 1. The molecule has 5 nitrogen and oxygen atoms in total. The lowest BCUT2D eigenvalue weighted by Crippen LogP contribution is -2.43. The molecule has 1 aliphatic heterocycles. The number of anilines is 1. The summed E-state index contributed by atoms with van der Waals surface area (Å²) in [5, 5.41) is 3.31. The van der Waals surface area contributed by atoms with Crippen LogP contribution < -0.4 is 5.32 Å². The van der Waals surface area contributed by atoms with Crippen molar-refractivity contribution in [2.45, 2.75) is 56.1 Å². The van der Waals surface area contributed by atoms with Crippen molar-refractivity contribution in [2.75, 3.05) is 18.2 Å². The molecular formula is C15H24N2O3S. The van der Waals surface area contributed by atoms with Crippen LogP contribution in [-0.2, 0) is 14.6 Å². The van der Waals surface area contributed by atoms with Gasteiger partial charge in [0.1, 0.15) is 10.7 Å². The molecule has 0 aromatic carbocycles. The van der Waals surface area contributed by atoms with E-state index in [4.69, 9.17) is 4.74 Å². The minimum absolute atomic E-state index is 0.101. The molecule has 21 heavy (non-hydrogen) atoms. The third kappa shape index (κ3) is 3.74. The number of sulfone groups is 1. The van der Waals surface area contributed by atoms with Gasteiger partial charge in [0.05, 0.1) is 5.60 Å². The summed E-state index contributed by atoms with van der Waals surface area (Å²) in [6.45, 7) is 4.96. The highest BCUT2D eigenvalue weighted by molar-refractivity contribution is 7.90. The summed E-state index contributed by atoms with van der Waals surface area (Å²) in [7, 11) is -3.28. The van der Waals surface area contributed by atoms with E-state index in [2.05, 4.69) is 24.1 Å². The number of hydrogen-bond acceptors (Lipinski definition) is 5. The second-order valence-corrected chi connectivity index (χ2v) is 7.68. The van der Waals surface area contributed by atoms with Gasteiger partial charge in [0, 0.05) is 25.1 Å². The largest absolute Gasteiger partial charge is 0.375 e. The molecule has 2 heterocycles. The van der Waals surface area contributed by atoms with Gasteiger partial charge >= 0.3 is 0 Å². The molecule has 1 aromatic rings. The average Bonchev–Trinajstić information content (AvgIpc) is 2.47. The number of hydrogen-bond donors (Lipinski definition) is 1. The second-order valence-electron chi connectivity index (χ2n) is 5.69. The first kappa shape index (κ1) is 16.2. The van der Waals surface area contributed by atoms with Crippen molar-refractivity contribution < 1.29 is 13.2 Å². The van der Waals surface area contributed by atoms with Gasteiger partial charge in [0.25, 0.3) is 0 Å². The van der Waals surface area contributed by atoms with Gasteiger partial charge < -0.3 is 10.1 Å². The van der Waals surface area contributed by atoms with Crippen LogP contribution in [0.5, 0.6) is 0 Å². The lowest BCUT2D eigenvalue weighted by atomic mass is 9.86. The molecule has 0 radical (unpaired) electrons. The van der Waals surface area contributed by atoms with Crippen LogP contribution in [0, 0.1) is 0 Å². The van der Waals surface area contributed by atoms with E-state index in [1.54, 1.807) is 18.3 Å². The minimum Gasteiger partial charge on any atom is -0.375 e. The maximum absolute atomic E-state index is 11.8. The van der Waals surface area contributed by atoms with Crippen molar-refractivity contribution >= 4 is 15.7 Å². The van der Waals surface area contributed by atoms with Crippen LogP contribution in [0.25, 0.3) is 0 Å². The molecule has 1 fully saturated rings. The molecule has 1 aromatic heterocycles. The zero-order valence-corrected chi connectivity index (χ0v) is 13.7. The summed E-state index contributed by atoms with van der Waals surface area (Å²) in [6, 6.07) is 3.43. The van der Waals surface area contributed by atoms with Gasteiger partial charge in [0.2, 0.25) is 0 Å². The lowest BCUT2D eigenvalue weighted by Gasteiger charge is -2.40. The Bertz CT molecular complexity index is 582. The zero-order valence-electron chi connectivity index (χ0n) is 12.9. The predicted octanol–water partition coefficient (Wildman–Crippen LogP) is 2.63. The van der Waals surface area contributed by atoms with Gasteiger partial charge in [-0.2, -0.15) is 0 Å². The molecule has 6 heteroatoms. The van der Waals surface area contributed by atoms with E-state index in [1.807, 2.05) is 0 Å². The number of aromatic nitrogens is 1. The van der Waals surface area contributed by atoms with Crippen LogP contribution in [0.2, 0.25) is 0 Å². The van der Waals surface area contributed by atoms with Crippen LogP contribution in [0.1, 0.15) is 39.5 Å².